The first-order chi connectivity index (χ1) is 5.97. The summed E-state index contributed by atoms with van der Waals surface area (Å²) in [4.78, 5) is 13.1. The van der Waals surface area contributed by atoms with Gasteiger partial charge in [0.05, 0.1) is 6.54 Å². The second-order valence-corrected chi connectivity index (χ2v) is 3.98. The lowest BCUT2D eigenvalue weighted by Gasteiger charge is -2.27. The molecule has 0 aliphatic heterocycles. The molecule has 3 N–H and O–H groups in total. The number of carbonyl (C=O) groups is 1. The quantitative estimate of drug-likeness (QED) is 0.371. The molecule has 78 valence electrons. The van der Waals surface area contributed by atoms with Gasteiger partial charge in [-0.25, -0.2) is 5.84 Å². The normalized spacial score (nSPS) is 11.4. The number of nitrogens with two attached hydrogens (primary N) is 1. The van der Waals surface area contributed by atoms with E-state index >= 15 is 0 Å². The smallest absolute Gasteiger partial charge is 0.248 e. The molecule has 0 fully saturated rings. The zero-order valence-corrected chi connectivity index (χ0v) is 9.00. The van der Waals surface area contributed by atoms with Crippen LogP contribution < -0.4 is 11.3 Å². The van der Waals surface area contributed by atoms with Gasteiger partial charge in [0.15, 0.2) is 0 Å². The van der Waals surface area contributed by atoms with E-state index in [1.165, 1.54) is 0 Å². The molecule has 0 unspecified atom stereocenters. The molecule has 4 nitrogen and oxygen atoms in total. The third-order valence-electron chi connectivity index (χ3n) is 1.84. The molecule has 0 aliphatic rings. The van der Waals surface area contributed by atoms with Crippen LogP contribution in [0.1, 0.15) is 27.7 Å². The van der Waals surface area contributed by atoms with Crippen LogP contribution in [0.2, 0.25) is 0 Å². The minimum atomic E-state index is -0.130. The van der Waals surface area contributed by atoms with E-state index in [0.29, 0.717) is 18.5 Å². The molecular weight excluding hydrogens is 166 g/mol. The van der Waals surface area contributed by atoms with Crippen molar-refractivity contribution in [1.82, 2.24) is 10.3 Å². The van der Waals surface area contributed by atoms with Gasteiger partial charge >= 0.3 is 0 Å². The van der Waals surface area contributed by atoms with Gasteiger partial charge in [-0.2, -0.15) is 0 Å². The Balaban J connectivity index is 4.02. The SMILES string of the molecule is CC(C)CN(CC(=O)NN)C(C)C. The van der Waals surface area contributed by atoms with Crippen molar-refractivity contribution in [3.8, 4) is 0 Å². The Kier molecular flexibility index (Phi) is 5.66. The fraction of sp³-hybridized carbons (Fsp3) is 0.889. The fourth-order valence-corrected chi connectivity index (χ4v) is 1.16. The molecule has 0 saturated carbocycles. The van der Waals surface area contributed by atoms with Crippen molar-refractivity contribution < 1.29 is 4.79 Å². The molecule has 0 radical (unpaired) electrons. The maximum Gasteiger partial charge on any atom is 0.248 e. The Morgan fingerprint density at radius 2 is 1.92 bits per heavy atom. The zero-order valence-electron chi connectivity index (χ0n) is 9.00. The summed E-state index contributed by atoms with van der Waals surface area (Å²) < 4.78 is 0. The van der Waals surface area contributed by atoms with E-state index in [1.54, 1.807) is 0 Å². The molecule has 4 heteroatoms. The second kappa shape index (κ2) is 5.94. The van der Waals surface area contributed by atoms with Crippen molar-refractivity contribution in [2.45, 2.75) is 33.7 Å². The molecule has 0 saturated heterocycles. The van der Waals surface area contributed by atoms with Crippen LogP contribution in [0.4, 0.5) is 0 Å². The van der Waals surface area contributed by atoms with Gasteiger partial charge in [0, 0.05) is 12.6 Å². The van der Waals surface area contributed by atoms with E-state index in [2.05, 4.69) is 38.0 Å². The predicted molar refractivity (Wildman–Crippen MR) is 53.9 cm³/mol. The van der Waals surface area contributed by atoms with Crippen LogP contribution in [0.25, 0.3) is 0 Å². The number of hydrogen-bond donors (Lipinski definition) is 2. The molecular formula is C9H21N3O. The topological polar surface area (TPSA) is 58.4 Å². The maximum atomic E-state index is 11.0. The largest absolute Gasteiger partial charge is 0.293 e. The first-order valence-electron chi connectivity index (χ1n) is 4.70. The molecule has 1 amide bonds. The van der Waals surface area contributed by atoms with E-state index in [9.17, 15) is 4.79 Å². The van der Waals surface area contributed by atoms with Crippen LogP contribution in [-0.4, -0.2) is 29.9 Å². The average Bonchev–Trinajstić information content (AvgIpc) is 2.02. The van der Waals surface area contributed by atoms with E-state index in [-0.39, 0.29) is 5.91 Å². The number of hydrogen-bond acceptors (Lipinski definition) is 3. The number of nitrogens with zero attached hydrogens (tertiary/aromatic N) is 1. The molecule has 0 bridgehead atoms. The summed E-state index contributed by atoms with van der Waals surface area (Å²) >= 11 is 0. The van der Waals surface area contributed by atoms with Crippen molar-refractivity contribution in [1.29, 1.82) is 0 Å². The van der Waals surface area contributed by atoms with Crippen LogP contribution in [0, 0.1) is 5.92 Å². The minimum absolute atomic E-state index is 0.130. The summed E-state index contributed by atoms with van der Waals surface area (Å²) in [7, 11) is 0. The third-order valence-corrected chi connectivity index (χ3v) is 1.84. The zero-order chi connectivity index (χ0) is 10.4. The summed E-state index contributed by atoms with van der Waals surface area (Å²) in [5.41, 5.74) is 2.14. The molecule has 13 heavy (non-hydrogen) atoms. The van der Waals surface area contributed by atoms with Crippen molar-refractivity contribution in [2.75, 3.05) is 13.1 Å². The van der Waals surface area contributed by atoms with Crippen LogP contribution in [0.5, 0.6) is 0 Å². The third kappa shape index (κ3) is 5.60. The first kappa shape index (κ1) is 12.4. The van der Waals surface area contributed by atoms with Gasteiger partial charge in [-0.05, 0) is 19.8 Å². The lowest BCUT2D eigenvalue weighted by Crippen LogP contribution is -2.44. The van der Waals surface area contributed by atoms with Gasteiger partial charge < -0.3 is 0 Å². The number of hydrazine groups is 1. The summed E-state index contributed by atoms with van der Waals surface area (Å²) in [5.74, 6) is 5.46. The Hall–Kier alpha value is -0.610. The van der Waals surface area contributed by atoms with E-state index in [0.717, 1.165) is 6.54 Å². The van der Waals surface area contributed by atoms with Crippen LogP contribution in [0.3, 0.4) is 0 Å². The summed E-state index contributed by atoms with van der Waals surface area (Å²) in [6, 6.07) is 0.375. The Labute approximate surface area is 80.4 Å². The van der Waals surface area contributed by atoms with Crippen molar-refractivity contribution in [3.63, 3.8) is 0 Å². The van der Waals surface area contributed by atoms with Crippen molar-refractivity contribution in [2.24, 2.45) is 11.8 Å². The Morgan fingerprint density at radius 3 is 2.23 bits per heavy atom. The fourth-order valence-electron chi connectivity index (χ4n) is 1.16. The lowest BCUT2D eigenvalue weighted by molar-refractivity contribution is -0.122. The van der Waals surface area contributed by atoms with Gasteiger partial charge in [0.25, 0.3) is 0 Å². The number of carbonyl (C=O) groups excluding carboxylic acids is 1. The van der Waals surface area contributed by atoms with E-state index in [1.807, 2.05) is 0 Å². The molecule has 0 aromatic rings. The van der Waals surface area contributed by atoms with E-state index < -0.39 is 0 Å². The summed E-state index contributed by atoms with van der Waals surface area (Å²) in [6.45, 7) is 9.72. The lowest BCUT2D eigenvalue weighted by atomic mass is 10.2. The highest BCUT2D eigenvalue weighted by atomic mass is 16.2. The summed E-state index contributed by atoms with van der Waals surface area (Å²) in [5, 5.41) is 0. The van der Waals surface area contributed by atoms with Crippen LogP contribution in [0.15, 0.2) is 0 Å². The van der Waals surface area contributed by atoms with Gasteiger partial charge in [-0.15, -0.1) is 0 Å². The van der Waals surface area contributed by atoms with Crippen molar-refractivity contribution >= 4 is 5.91 Å². The molecule has 0 aliphatic carbocycles. The second-order valence-electron chi connectivity index (χ2n) is 3.98. The first-order valence-corrected chi connectivity index (χ1v) is 4.70. The Morgan fingerprint density at radius 1 is 1.38 bits per heavy atom. The van der Waals surface area contributed by atoms with Gasteiger partial charge in [0.2, 0.25) is 5.91 Å². The molecule has 0 spiro atoms. The number of rotatable bonds is 5. The van der Waals surface area contributed by atoms with Crippen molar-refractivity contribution in [3.05, 3.63) is 0 Å². The monoisotopic (exact) mass is 187 g/mol. The highest BCUT2D eigenvalue weighted by Gasteiger charge is 2.14. The van der Waals surface area contributed by atoms with Gasteiger partial charge in [0.1, 0.15) is 0 Å². The predicted octanol–water partition coefficient (Wildman–Crippen LogP) is 0.343. The molecule has 0 aromatic heterocycles. The standard InChI is InChI=1S/C9H21N3O/c1-7(2)5-12(8(3)4)6-9(13)11-10/h7-8H,5-6,10H2,1-4H3,(H,11,13). The highest BCUT2D eigenvalue weighted by Crippen LogP contribution is 2.03. The minimum Gasteiger partial charge on any atom is -0.293 e. The summed E-state index contributed by atoms with van der Waals surface area (Å²) in [6.07, 6.45) is 0. The van der Waals surface area contributed by atoms with Crippen LogP contribution >= 0.6 is 0 Å². The van der Waals surface area contributed by atoms with E-state index in [4.69, 9.17) is 5.84 Å². The molecule has 0 atom stereocenters. The van der Waals surface area contributed by atoms with Crippen LogP contribution in [-0.2, 0) is 4.79 Å². The number of nitrogens with one attached hydrogen (secondary N) is 1. The highest BCUT2D eigenvalue weighted by molar-refractivity contribution is 5.77. The molecule has 0 heterocycles. The molecule has 0 aromatic carbocycles. The average molecular weight is 187 g/mol. The van der Waals surface area contributed by atoms with Gasteiger partial charge in [-0.3, -0.25) is 15.1 Å². The molecule has 0 rings (SSSR count). The Bertz CT molecular complexity index is 157. The number of amides is 1. The van der Waals surface area contributed by atoms with Gasteiger partial charge in [-0.1, -0.05) is 13.8 Å². The maximum absolute atomic E-state index is 11.0.